The van der Waals surface area contributed by atoms with Gasteiger partial charge >= 0.3 is 11.7 Å². The van der Waals surface area contributed by atoms with E-state index >= 15 is 0 Å². The Balaban J connectivity index is 2.10. The number of aromatic carboxylic acids is 1. The van der Waals surface area contributed by atoms with Crippen LogP contribution in [0.15, 0.2) is 30.5 Å². The predicted octanol–water partition coefficient (Wildman–Crippen LogP) is 1.53. The van der Waals surface area contributed by atoms with Gasteiger partial charge in [-0.25, -0.2) is 9.48 Å². The lowest BCUT2D eigenvalue weighted by Gasteiger charge is -2.06. The van der Waals surface area contributed by atoms with E-state index in [0.29, 0.717) is 11.5 Å². The third kappa shape index (κ3) is 3.26. The van der Waals surface area contributed by atoms with Gasteiger partial charge in [-0.05, 0) is 24.3 Å². The molecule has 2 aromatic rings. The van der Waals surface area contributed by atoms with E-state index in [9.17, 15) is 14.9 Å². The lowest BCUT2D eigenvalue weighted by Crippen LogP contribution is -2.07. The van der Waals surface area contributed by atoms with Gasteiger partial charge in [-0.2, -0.15) is 5.10 Å². The molecule has 1 aromatic carbocycles. The van der Waals surface area contributed by atoms with E-state index in [-0.39, 0.29) is 6.73 Å². The Morgan fingerprint density at radius 2 is 2.00 bits per heavy atom. The van der Waals surface area contributed by atoms with E-state index in [1.807, 2.05) is 0 Å². The largest absolute Gasteiger partial charge is 0.497 e. The van der Waals surface area contributed by atoms with Gasteiger partial charge in [0, 0.05) is 0 Å². The first-order valence-electron chi connectivity index (χ1n) is 5.73. The monoisotopic (exact) mass is 293 g/mol. The number of nitro groups is 1. The highest BCUT2D eigenvalue weighted by molar-refractivity contribution is 5.89. The highest BCUT2D eigenvalue weighted by Crippen LogP contribution is 2.19. The van der Waals surface area contributed by atoms with Crippen LogP contribution >= 0.6 is 0 Å². The normalized spacial score (nSPS) is 10.1. The minimum absolute atomic E-state index is 0.152. The maximum absolute atomic E-state index is 10.8. The van der Waals surface area contributed by atoms with E-state index in [1.165, 1.54) is 7.11 Å². The molecule has 0 atom stereocenters. The smallest absolute Gasteiger partial charge is 0.363 e. The third-order valence-corrected chi connectivity index (χ3v) is 2.56. The van der Waals surface area contributed by atoms with Crippen LogP contribution in [-0.2, 0) is 6.73 Å². The summed E-state index contributed by atoms with van der Waals surface area (Å²) in [6.07, 6.45) is 1.01. The van der Waals surface area contributed by atoms with Gasteiger partial charge in [0.1, 0.15) is 17.7 Å². The first-order valence-corrected chi connectivity index (χ1v) is 5.73. The van der Waals surface area contributed by atoms with Crippen LogP contribution in [0.4, 0.5) is 5.69 Å². The van der Waals surface area contributed by atoms with Crippen LogP contribution in [-0.4, -0.2) is 32.9 Å². The Kier molecular flexibility index (Phi) is 4.02. The number of carboxylic acids is 1. The van der Waals surface area contributed by atoms with E-state index in [4.69, 9.17) is 14.6 Å². The van der Waals surface area contributed by atoms with Gasteiger partial charge in [0.25, 0.3) is 0 Å². The van der Waals surface area contributed by atoms with Crippen molar-refractivity contribution in [3.05, 3.63) is 46.3 Å². The van der Waals surface area contributed by atoms with Crippen LogP contribution in [0.1, 0.15) is 10.5 Å². The first kappa shape index (κ1) is 14.3. The fourth-order valence-corrected chi connectivity index (χ4v) is 1.58. The fourth-order valence-electron chi connectivity index (χ4n) is 1.58. The standard InChI is InChI=1S/C12H11N3O6/c1-20-8-2-4-9(5-3-8)21-7-14-6-10(15(18)19)11(13-14)12(16)17/h2-6H,7H2,1H3,(H,16,17). The minimum atomic E-state index is -1.47. The molecule has 1 N–H and O–H groups in total. The Hall–Kier alpha value is -3.10. The lowest BCUT2D eigenvalue weighted by atomic mass is 10.3. The molecule has 1 aromatic heterocycles. The topological polar surface area (TPSA) is 117 Å². The summed E-state index contributed by atoms with van der Waals surface area (Å²) in [5.74, 6) is -0.319. The molecule has 0 saturated carbocycles. The van der Waals surface area contributed by atoms with Crippen molar-refractivity contribution in [3.8, 4) is 11.5 Å². The van der Waals surface area contributed by atoms with Crippen molar-refractivity contribution in [2.24, 2.45) is 0 Å². The molecule has 0 aliphatic heterocycles. The van der Waals surface area contributed by atoms with Crippen molar-refractivity contribution in [2.75, 3.05) is 7.11 Å². The van der Waals surface area contributed by atoms with E-state index in [0.717, 1.165) is 10.9 Å². The number of methoxy groups -OCH3 is 1. The number of hydrogen-bond acceptors (Lipinski definition) is 6. The number of benzene rings is 1. The summed E-state index contributed by atoms with van der Waals surface area (Å²) in [7, 11) is 1.53. The second-order valence-electron chi connectivity index (χ2n) is 3.91. The highest BCUT2D eigenvalue weighted by Gasteiger charge is 2.25. The van der Waals surface area contributed by atoms with Gasteiger partial charge in [-0.15, -0.1) is 0 Å². The van der Waals surface area contributed by atoms with Crippen molar-refractivity contribution in [1.29, 1.82) is 0 Å². The summed E-state index contributed by atoms with van der Waals surface area (Å²) < 4.78 is 11.4. The Morgan fingerprint density at radius 1 is 1.38 bits per heavy atom. The molecule has 1 heterocycles. The first-order chi connectivity index (χ1) is 10.0. The maximum atomic E-state index is 10.8. The van der Waals surface area contributed by atoms with Crippen LogP contribution in [0.25, 0.3) is 0 Å². The van der Waals surface area contributed by atoms with Crippen LogP contribution < -0.4 is 9.47 Å². The average Bonchev–Trinajstić information content (AvgIpc) is 2.90. The molecule has 9 nitrogen and oxygen atoms in total. The Morgan fingerprint density at radius 3 is 2.48 bits per heavy atom. The minimum Gasteiger partial charge on any atom is -0.497 e. The average molecular weight is 293 g/mol. The fraction of sp³-hybridized carbons (Fsp3) is 0.167. The molecule has 0 aliphatic rings. The van der Waals surface area contributed by atoms with Gasteiger partial charge in [0.05, 0.1) is 12.0 Å². The molecule has 21 heavy (non-hydrogen) atoms. The summed E-state index contributed by atoms with van der Waals surface area (Å²) in [5, 5.41) is 23.2. The van der Waals surface area contributed by atoms with Crippen molar-refractivity contribution in [3.63, 3.8) is 0 Å². The number of aromatic nitrogens is 2. The predicted molar refractivity (Wildman–Crippen MR) is 69.5 cm³/mol. The molecule has 0 fully saturated rings. The number of hydrogen-bond donors (Lipinski definition) is 1. The molecule has 0 spiro atoms. The van der Waals surface area contributed by atoms with Crippen molar-refractivity contribution in [2.45, 2.75) is 6.73 Å². The zero-order valence-corrected chi connectivity index (χ0v) is 10.9. The van der Waals surface area contributed by atoms with Crippen LogP contribution in [0.5, 0.6) is 11.5 Å². The van der Waals surface area contributed by atoms with Gasteiger partial charge in [-0.1, -0.05) is 0 Å². The molecular weight excluding hydrogens is 282 g/mol. The number of nitrogens with zero attached hydrogens (tertiary/aromatic N) is 3. The van der Waals surface area contributed by atoms with Crippen molar-refractivity contribution < 1.29 is 24.3 Å². The molecule has 9 heteroatoms. The van der Waals surface area contributed by atoms with Gasteiger partial charge in [-0.3, -0.25) is 10.1 Å². The third-order valence-electron chi connectivity index (χ3n) is 2.56. The lowest BCUT2D eigenvalue weighted by molar-refractivity contribution is -0.385. The van der Waals surface area contributed by atoms with Crippen molar-refractivity contribution >= 4 is 11.7 Å². The molecule has 0 amide bonds. The zero-order valence-electron chi connectivity index (χ0n) is 10.9. The quantitative estimate of drug-likeness (QED) is 0.634. The van der Waals surface area contributed by atoms with E-state index < -0.39 is 22.3 Å². The van der Waals surface area contributed by atoms with Crippen LogP contribution in [0, 0.1) is 10.1 Å². The second kappa shape index (κ2) is 5.90. The van der Waals surface area contributed by atoms with Crippen LogP contribution in [0.3, 0.4) is 0 Å². The molecule has 0 bridgehead atoms. The summed E-state index contributed by atoms with van der Waals surface area (Å²) in [6.45, 7) is -0.152. The molecule has 0 aliphatic carbocycles. The van der Waals surface area contributed by atoms with Gasteiger partial charge < -0.3 is 14.6 Å². The Bertz CT molecular complexity index is 633. The molecular formula is C12H11N3O6. The van der Waals surface area contributed by atoms with Gasteiger partial charge in [0.2, 0.25) is 5.69 Å². The summed E-state index contributed by atoms with van der Waals surface area (Å²) in [5.41, 5.74) is -1.21. The Labute approximate surface area is 118 Å². The number of ether oxygens (including phenoxy) is 2. The number of carboxylic acid groups (broad SMARTS) is 1. The molecule has 0 saturated heterocycles. The number of rotatable bonds is 6. The van der Waals surface area contributed by atoms with E-state index in [2.05, 4.69) is 5.10 Å². The maximum Gasteiger partial charge on any atom is 0.363 e. The van der Waals surface area contributed by atoms with E-state index in [1.54, 1.807) is 24.3 Å². The van der Waals surface area contributed by atoms with Crippen LogP contribution in [0.2, 0.25) is 0 Å². The molecule has 0 radical (unpaired) electrons. The molecule has 0 unspecified atom stereocenters. The van der Waals surface area contributed by atoms with Gasteiger partial charge in [0.15, 0.2) is 6.73 Å². The molecule has 110 valence electrons. The summed E-state index contributed by atoms with van der Waals surface area (Å²) >= 11 is 0. The summed E-state index contributed by atoms with van der Waals surface area (Å²) in [6, 6.07) is 6.66. The van der Waals surface area contributed by atoms with Crippen molar-refractivity contribution in [1.82, 2.24) is 9.78 Å². The highest BCUT2D eigenvalue weighted by atomic mass is 16.6. The second-order valence-corrected chi connectivity index (χ2v) is 3.91. The molecule has 2 rings (SSSR count). The zero-order chi connectivity index (χ0) is 15.4. The SMILES string of the molecule is COc1ccc(OCn2cc([N+](=O)[O-])c(C(=O)O)n2)cc1. The number of carbonyl (C=O) groups is 1. The summed E-state index contributed by atoms with van der Waals surface area (Å²) in [4.78, 5) is 20.8.